The van der Waals surface area contributed by atoms with Crippen molar-refractivity contribution in [3.8, 4) is 0 Å². The fraction of sp³-hybridized carbons (Fsp3) is 0.333. The van der Waals surface area contributed by atoms with Crippen molar-refractivity contribution in [2.24, 2.45) is 0 Å². The number of carboxylic acids is 1. The number of amides is 1. The van der Waals surface area contributed by atoms with Crippen molar-refractivity contribution < 1.29 is 27.5 Å². The van der Waals surface area contributed by atoms with E-state index in [9.17, 15) is 18.0 Å². The van der Waals surface area contributed by atoms with Crippen LogP contribution in [0.25, 0.3) is 0 Å². The lowest BCUT2D eigenvalue weighted by Crippen LogP contribution is -2.26. The standard InChI is InChI=1S/C18H22N2O6S/c1-5-15-14(18(22)23)10-16(26-15)17(21)19-11(2)12-6-8-13(9-7-12)27(24,25)20(3)4/h6-11H,5H2,1-4H3,(H,19,21)(H,22,23). The van der Waals surface area contributed by atoms with Crippen LogP contribution in [0.1, 0.15) is 52.1 Å². The molecular formula is C18H22N2O6S. The van der Waals surface area contributed by atoms with Crippen LogP contribution in [0.5, 0.6) is 0 Å². The van der Waals surface area contributed by atoms with Crippen LogP contribution in [0, 0.1) is 0 Å². The van der Waals surface area contributed by atoms with Crippen molar-refractivity contribution in [3.05, 3.63) is 53.0 Å². The molecule has 146 valence electrons. The van der Waals surface area contributed by atoms with Gasteiger partial charge < -0.3 is 14.8 Å². The summed E-state index contributed by atoms with van der Waals surface area (Å²) in [6.07, 6.45) is 0.353. The summed E-state index contributed by atoms with van der Waals surface area (Å²) < 4.78 is 30.6. The van der Waals surface area contributed by atoms with Gasteiger partial charge in [-0.15, -0.1) is 0 Å². The molecule has 1 aromatic carbocycles. The van der Waals surface area contributed by atoms with Crippen molar-refractivity contribution >= 4 is 21.9 Å². The number of nitrogens with one attached hydrogen (secondary N) is 1. The van der Waals surface area contributed by atoms with Crippen molar-refractivity contribution in [1.82, 2.24) is 9.62 Å². The fourth-order valence-corrected chi connectivity index (χ4v) is 3.38. The molecule has 0 aliphatic rings. The Morgan fingerprint density at radius 2 is 1.81 bits per heavy atom. The number of nitrogens with zero attached hydrogens (tertiary/aromatic N) is 1. The molecule has 0 saturated heterocycles. The first kappa shape index (κ1) is 20.7. The van der Waals surface area contributed by atoms with Gasteiger partial charge in [-0.1, -0.05) is 19.1 Å². The summed E-state index contributed by atoms with van der Waals surface area (Å²) in [5.41, 5.74) is 0.662. The van der Waals surface area contributed by atoms with E-state index in [1.165, 1.54) is 32.3 Å². The summed E-state index contributed by atoms with van der Waals surface area (Å²) >= 11 is 0. The van der Waals surface area contributed by atoms with Crippen LogP contribution < -0.4 is 5.32 Å². The first-order valence-corrected chi connectivity index (χ1v) is 9.71. The van der Waals surface area contributed by atoms with Crippen LogP contribution in [0.4, 0.5) is 0 Å². The number of rotatable bonds is 7. The average molecular weight is 394 g/mol. The van der Waals surface area contributed by atoms with Crippen LogP contribution in [-0.4, -0.2) is 43.8 Å². The summed E-state index contributed by atoms with van der Waals surface area (Å²) in [4.78, 5) is 23.7. The third kappa shape index (κ3) is 4.37. The van der Waals surface area contributed by atoms with E-state index in [1.54, 1.807) is 26.0 Å². The quantitative estimate of drug-likeness (QED) is 0.744. The number of aryl methyl sites for hydroxylation is 1. The first-order valence-electron chi connectivity index (χ1n) is 8.27. The average Bonchev–Trinajstić information content (AvgIpc) is 3.06. The van der Waals surface area contributed by atoms with Gasteiger partial charge in [0, 0.05) is 26.6 Å². The topological polar surface area (TPSA) is 117 Å². The number of benzene rings is 1. The van der Waals surface area contributed by atoms with Gasteiger partial charge in [-0.25, -0.2) is 17.5 Å². The molecule has 2 aromatic rings. The number of hydrogen-bond acceptors (Lipinski definition) is 5. The van der Waals surface area contributed by atoms with Crippen LogP contribution in [0.15, 0.2) is 39.6 Å². The van der Waals surface area contributed by atoms with E-state index in [4.69, 9.17) is 9.52 Å². The molecule has 0 saturated carbocycles. The van der Waals surface area contributed by atoms with Crippen LogP contribution in [0.3, 0.4) is 0 Å². The molecule has 0 aliphatic carbocycles. The maximum absolute atomic E-state index is 12.3. The van der Waals surface area contributed by atoms with Crippen molar-refractivity contribution in [2.45, 2.75) is 31.2 Å². The van der Waals surface area contributed by atoms with Crippen LogP contribution in [0.2, 0.25) is 0 Å². The monoisotopic (exact) mass is 394 g/mol. The molecule has 0 radical (unpaired) electrons. The smallest absolute Gasteiger partial charge is 0.339 e. The number of hydrogen-bond donors (Lipinski definition) is 2. The largest absolute Gasteiger partial charge is 0.478 e. The molecule has 8 nitrogen and oxygen atoms in total. The fourth-order valence-electron chi connectivity index (χ4n) is 2.47. The summed E-state index contributed by atoms with van der Waals surface area (Å²) in [5.74, 6) is -1.54. The van der Waals surface area contributed by atoms with Gasteiger partial charge in [0.25, 0.3) is 5.91 Å². The molecule has 27 heavy (non-hydrogen) atoms. The molecule has 1 aromatic heterocycles. The highest BCUT2D eigenvalue weighted by molar-refractivity contribution is 7.89. The molecular weight excluding hydrogens is 372 g/mol. The minimum Gasteiger partial charge on any atom is -0.478 e. The molecule has 0 bridgehead atoms. The van der Waals surface area contributed by atoms with Crippen molar-refractivity contribution in [2.75, 3.05) is 14.1 Å². The van der Waals surface area contributed by atoms with E-state index < -0.39 is 27.9 Å². The van der Waals surface area contributed by atoms with Crippen molar-refractivity contribution in [3.63, 3.8) is 0 Å². The molecule has 1 atom stereocenters. The molecule has 0 spiro atoms. The Bertz CT molecular complexity index is 945. The van der Waals surface area contributed by atoms with Gasteiger partial charge in [-0.05, 0) is 24.6 Å². The maximum Gasteiger partial charge on any atom is 0.339 e. The molecule has 1 heterocycles. The van der Waals surface area contributed by atoms with E-state index in [2.05, 4.69) is 5.32 Å². The molecule has 1 unspecified atom stereocenters. The SMILES string of the molecule is CCc1oc(C(=O)NC(C)c2ccc(S(=O)(=O)N(C)C)cc2)cc1C(=O)O. The number of carbonyl (C=O) groups is 2. The maximum atomic E-state index is 12.3. The minimum absolute atomic E-state index is 0.0338. The normalized spacial score (nSPS) is 12.8. The van der Waals surface area contributed by atoms with Gasteiger partial charge >= 0.3 is 5.97 Å². The molecule has 0 aliphatic heterocycles. The highest BCUT2D eigenvalue weighted by Crippen LogP contribution is 2.20. The van der Waals surface area contributed by atoms with E-state index >= 15 is 0 Å². The number of carboxylic acid groups (broad SMARTS) is 1. The molecule has 1 amide bonds. The minimum atomic E-state index is -3.52. The van der Waals surface area contributed by atoms with Gasteiger partial charge in [0.15, 0.2) is 5.76 Å². The molecule has 2 N–H and O–H groups in total. The third-order valence-electron chi connectivity index (χ3n) is 4.09. The number of furan rings is 1. The third-order valence-corrected chi connectivity index (χ3v) is 5.92. The van der Waals surface area contributed by atoms with Gasteiger partial charge in [0.05, 0.1) is 10.9 Å². The predicted molar refractivity (Wildman–Crippen MR) is 98.2 cm³/mol. The van der Waals surface area contributed by atoms with Crippen molar-refractivity contribution in [1.29, 1.82) is 0 Å². The van der Waals surface area contributed by atoms with Gasteiger partial charge in [0.1, 0.15) is 11.3 Å². The Morgan fingerprint density at radius 1 is 1.22 bits per heavy atom. The second-order valence-electron chi connectivity index (χ2n) is 6.16. The second kappa shape index (κ2) is 7.93. The second-order valence-corrected chi connectivity index (χ2v) is 8.31. The van der Waals surface area contributed by atoms with E-state index in [1.807, 2.05) is 0 Å². The zero-order valence-corrected chi connectivity index (χ0v) is 16.3. The van der Waals surface area contributed by atoms with Gasteiger partial charge in [-0.3, -0.25) is 4.79 Å². The van der Waals surface area contributed by atoms with E-state index in [0.717, 1.165) is 4.31 Å². The molecule has 0 fully saturated rings. The lowest BCUT2D eigenvalue weighted by molar-refractivity contribution is 0.0694. The molecule has 9 heteroatoms. The number of sulfonamides is 1. The lowest BCUT2D eigenvalue weighted by atomic mass is 10.1. The first-order chi connectivity index (χ1) is 12.6. The summed E-state index contributed by atoms with van der Waals surface area (Å²) in [5, 5.41) is 11.8. The van der Waals surface area contributed by atoms with Crippen LogP contribution in [-0.2, 0) is 16.4 Å². The van der Waals surface area contributed by atoms with Crippen LogP contribution >= 0.6 is 0 Å². The van der Waals surface area contributed by atoms with E-state index in [-0.39, 0.29) is 22.0 Å². The Kier molecular flexibility index (Phi) is 6.07. The Morgan fingerprint density at radius 3 is 2.26 bits per heavy atom. The lowest BCUT2D eigenvalue weighted by Gasteiger charge is -2.15. The Hall–Kier alpha value is -2.65. The zero-order valence-electron chi connectivity index (χ0n) is 15.5. The highest BCUT2D eigenvalue weighted by atomic mass is 32.2. The molecule has 2 rings (SSSR count). The Balaban J connectivity index is 2.16. The Labute approximate surface area is 157 Å². The highest BCUT2D eigenvalue weighted by Gasteiger charge is 2.22. The summed E-state index contributed by atoms with van der Waals surface area (Å²) in [6, 6.07) is 6.94. The van der Waals surface area contributed by atoms with Gasteiger partial charge in [-0.2, -0.15) is 0 Å². The van der Waals surface area contributed by atoms with E-state index in [0.29, 0.717) is 12.0 Å². The predicted octanol–water partition coefficient (Wildman–Crippen LogP) is 2.28. The summed E-state index contributed by atoms with van der Waals surface area (Å²) in [7, 11) is -0.624. The number of carbonyl (C=O) groups excluding carboxylic acids is 1. The zero-order chi connectivity index (χ0) is 20.4. The van der Waals surface area contributed by atoms with Gasteiger partial charge in [0.2, 0.25) is 10.0 Å². The summed E-state index contributed by atoms with van der Waals surface area (Å²) in [6.45, 7) is 3.47. The number of aromatic carboxylic acids is 1.